The predicted molar refractivity (Wildman–Crippen MR) is 90.2 cm³/mol. The van der Waals surface area contributed by atoms with Crippen LogP contribution in [-0.2, 0) is 10.4 Å². The summed E-state index contributed by atoms with van der Waals surface area (Å²) in [5.41, 5.74) is -0.381. The van der Waals surface area contributed by atoms with Gasteiger partial charge in [-0.05, 0) is 31.0 Å². The molecule has 2 N–H and O–H groups in total. The molecule has 0 bridgehead atoms. The van der Waals surface area contributed by atoms with Gasteiger partial charge < -0.3 is 15.2 Å². The number of hydrogen-bond donors (Lipinski definition) is 2. The van der Waals surface area contributed by atoms with Gasteiger partial charge in [-0.25, -0.2) is 4.39 Å². The third-order valence-electron chi connectivity index (χ3n) is 3.67. The summed E-state index contributed by atoms with van der Waals surface area (Å²) in [6.07, 6.45) is 0.715. The molecule has 0 fully saturated rings. The smallest absolute Gasteiger partial charge is 0.220 e. The summed E-state index contributed by atoms with van der Waals surface area (Å²) < 4.78 is 18.7. The molecule has 0 aliphatic rings. The van der Waals surface area contributed by atoms with Crippen LogP contribution in [-0.4, -0.2) is 24.2 Å². The number of hydrogen-bond acceptors (Lipinski definition) is 3. The maximum absolute atomic E-state index is 13.4. The van der Waals surface area contributed by atoms with Gasteiger partial charge in [-0.1, -0.05) is 42.5 Å². The number of ether oxygens (including phenoxy) is 1. The molecule has 0 saturated carbocycles. The van der Waals surface area contributed by atoms with E-state index >= 15 is 0 Å². The lowest BCUT2D eigenvalue weighted by atomic mass is 9.96. The SMILES string of the molecule is CC(O)(CNC(=O)CCCOc1ccccc1F)c1ccccc1. The Morgan fingerprint density at radius 2 is 1.83 bits per heavy atom. The lowest BCUT2D eigenvalue weighted by Crippen LogP contribution is -2.38. The molecule has 0 radical (unpaired) electrons. The number of halogens is 1. The van der Waals surface area contributed by atoms with Crippen LogP contribution >= 0.6 is 0 Å². The largest absolute Gasteiger partial charge is 0.491 e. The minimum absolute atomic E-state index is 0.129. The van der Waals surface area contributed by atoms with Gasteiger partial charge >= 0.3 is 0 Å². The highest BCUT2D eigenvalue weighted by molar-refractivity contribution is 5.75. The summed E-state index contributed by atoms with van der Waals surface area (Å²) >= 11 is 0. The fourth-order valence-electron chi connectivity index (χ4n) is 2.23. The molecule has 2 aromatic carbocycles. The molecule has 1 amide bonds. The molecule has 1 atom stereocenters. The molecule has 4 nitrogen and oxygen atoms in total. The third-order valence-corrected chi connectivity index (χ3v) is 3.67. The highest BCUT2D eigenvalue weighted by Crippen LogP contribution is 2.19. The zero-order chi connectivity index (χ0) is 17.4. The molecular weight excluding hydrogens is 309 g/mol. The second-order valence-corrected chi connectivity index (χ2v) is 5.80. The Labute approximate surface area is 141 Å². The van der Waals surface area contributed by atoms with Gasteiger partial charge in [0.15, 0.2) is 11.6 Å². The van der Waals surface area contributed by atoms with E-state index in [2.05, 4.69) is 5.32 Å². The Hall–Kier alpha value is -2.40. The van der Waals surface area contributed by atoms with Crippen LogP contribution in [0.5, 0.6) is 5.75 Å². The number of carbonyl (C=O) groups is 1. The molecule has 0 aliphatic heterocycles. The Morgan fingerprint density at radius 1 is 1.17 bits per heavy atom. The van der Waals surface area contributed by atoms with E-state index in [1.54, 1.807) is 25.1 Å². The van der Waals surface area contributed by atoms with Gasteiger partial charge in [0.25, 0.3) is 0 Å². The van der Waals surface area contributed by atoms with E-state index in [4.69, 9.17) is 4.74 Å². The van der Waals surface area contributed by atoms with Gasteiger partial charge in [-0.2, -0.15) is 0 Å². The van der Waals surface area contributed by atoms with Crippen molar-refractivity contribution in [2.45, 2.75) is 25.4 Å². The Bertz CT molecular complexity index is 659. The van der Waals surface area contributed by atoms with E-state index in [1.807, 2.05) is 30.3 Å². The quantitative estimate of drug-likeness (QED) is 0.731. The molecule has 24 heavy (non-hydrogen) atoms. The van der Waals surface area contributed by atoms with Crippen LogP contribution in [0.25, 0.3) is 0 Å². The lowest BCUT2D eigenvalue weighted by molar-refractivity contribution is -0.122. The van der Waals surface area contributed by atoms with Crippen LogP contribution in [0.3, 0.4) is 0 Å². The number of para-hydroxylation sites is 1. The van der Waals surface area contributed by atoms with E-state index < -0.39 is 11.4 Å². The van der Waals surface area contributed by atoms with Crippen molar-refractivity contribution < 1.29 is 19.0 Å². The first-order chi connectivity index (χ1) is 11.5. The molecule has 0 saturated heterocycles. The molecule has 5 heteroatoms. The molecule has 2 aromatic rings. The predicted octanol–water partition coefficient (Wildman–Crippen LogP) is 3.01. The van der Waals surface area contributed by atoms with Crippen molar-refractivity contribution in [2.75, 3.05) is 13.2 Å². The molecule has 0 aliphatic carbocycles. The first-order valence-electron chi connectivity index (χ1n) is 7.91. The van der Waals surface area contributed by atoms with Gasteiger partial charge in [0.2, 0.25) is 5.91 Å². The fraction of sp³-hybridized carbons (Fsp3) is 0.316. The van der Waals surface area contributed by atoms with Crippen LogP contribution in [0.1, 0.15) is 25.3 Å². The maximum atomic E-state index is 13.4. The molecule has 0 spiro atoms. The average molecular weight is 331 g/mol. The van der Waals surface area contributed by atoms with Crippen molar-refractivity contribution >= 4 is 5.91 Å². The summed E-state index contributed by atoms with van der Waals surface area (Å²) in [5.74, 6) is -0.408. The number of amides is 1. The van der Waals surface area contributed by atoms with Crippen molar-refractivity contribution in [3.8, 4) is 5.75 Å². The monoisotopic (exact) mass is 331 g/mol. The van der Waals surface area contributed by atoms with E-state index in [1.165, 1.54) is 6.07 Å². The molecule has 2 rings (SSSR count). The van der Waals surface area contributed by atoms with Crippen LogP contribution in [0, 0.1) is 5.82 Å². The van der Waals surface area contributed by atoms with Crippen molar-refractivity contribution in [1.29, 1.82) is 0 Å². The minimum atomic E-state index is -1.12. The van der Waals surface area contributed by atoms with Crippen LogP contribution < -0.4 is 10.1 Å². The normalized spacial score (nSPS) is 13.1. The van der Waals surface area contributed by atoms with Crippen molar-refractivity contribution in [2.24, 2.45) is 0 Å². The summed E-state index contributed by atoms with van der Waals surface area (Å²) in [7, 11) is 0. The van der Waals surface area contributed by atoms with Gasteiger partial charge in [0, 0.05) is 6.42 Å². The molecule has 1 unspecified atom stereocenters. The number of aliphatic hydroxyl groups is 1. The number of carbonyl (C=O) groups excluding carboxylic acids is 1. The Balaban J connectivity index is 1.69. The number of benzene rings is 2. The van der Waals surface area contributed by atoms with Crippen LogP contribution in [0.4, 0.5) is 4.39 Å². The van der Waals surface area contributed by atoms with Gasteiger partial charge in [-0.3, -0.25) is 4.79 Å². The topological polar surface area (TPSA) is 58.6 Å². The average Bonchev–Trinajstić information content (AvgIpc) is 2.59. The summed E-state index contributed by atoms with van der Waals surface area (Å²) in [6.45, 7) is 2.04. The first-order valence-corrected chi connectivity index (χ1v) is 7.91. The van der Waals surface area contributed by atoms with E-state index in [0.717, 1.165) is 5.56 Å². The standard InChI is InChI=1S/C19H22FNO3/c1-19(23,15-8-3-2-4-9-15)14-21-18(22)12-7-13-24-17-11-6-5-10-16(17)20/h2-6,8-11,23H,7,12-14H2,1H3,(H,21,22). The summed E-state index contributed by atoms with van der Waals surface area (Å²) in [4.78, 5) is 11.8. The molecule has 0 heterocycles. The van der Waals surface area contributed by atoms with Crippen LogP contribution in [0.15, 0.2) is 54.6 Å². The van der Waals surface area contributed by atoms with E-state index in [9.17, 15) is 14.3 Å². The molecular formula is C19H22FNO3. The zero-order valence-electron chi connectivity index (χ0n) is 13.7. The second-order valence-electron chi connectivity index (χ2n) is 5.80. The van der Waals surface area contributed by atoms with Crippen molar-refractivity contribution in [3.05, 3.63) is 66.0 Å². The van der Waals surface area contributed by atoms with E-state index in [0.29, 0.717) is 6.42 Å². The maximum Gasteiger partial charge on any atom is 0.220 e. The first kappa shape index (κ1) is 17.9. The van der Waals surface area contributed by atoms with Gasteiger partial charge in [-0.15, -0.1) is 0 Å². The lowest BCUT2D eigenvalue weighted by Gasteiger charge is -2.24. The van der Waals surface area contributed by atoms with Crippen molar-refractivity contribution in [3.63, 3.8) is 0 Å². The highest BCUT2D eigenvalue weighted by atomic mass is 19.1. The fourth-order valence-corrected chi connectivity index (χ4v) is 2.23. The molecule has 128 valence electrons. The Kier molecular flexibility index (Phi) is 6.32. The van der Waals surface area contributed by atoms with Gasteiger partial charge in [0.1, 0.15) is 5.60 Å². The Morgan fingerprint density at radius 3 is 2.54 bits per heavy atom. The minimum Gasteiger partial charge on any atom is -0.491 e. The zero-order valence-corrected chi connectivity index (χ0v) is 13.7. The van der Waals surface area contributed by atoms with Gasteiger partial charge in [0.05, 0.1) is 13.2 Å². The number of nitrogens with one attached hydrogen (secondary N) is 1. The molecule has 0 aromatic heterocycles. The van der Waals surface area contributed by atoms with Crippen LogP contribution in [0.2, 0.25) is 0 Å². The highest BCUT2D eigenvalue weighted by Gasteiger charge is 2.23. The summed E-state index contributed by atoms with van der Waals surface area (Å²) in [5, 5.41) is 13.1. The second kappa shape index (κ2) is 8.45. The number of rotatable bonds is 8. The third kappa shape index (κ3) is 5.35. The summed E-state index contributed by atoms with van der Waals surface area (Å²) in [6, 6.07) is 15.3. The van der Waals surface area contributed by atoms with Crippen molar-refractivity contribution in [1.82, 2.24) is 5.32 Å². The van der Waals surface area contributed by atoms with E-state index in [-0.39, 0.29) is 31.2 Å².